The van der Waals surface area contributed by atoms with Gasteiger partial charge in [-0.2, -0.15) is 9.97 Å². The fourth-order valence-corrected chi connectivity index (χ4v) is 2.19. The zero-order valence-corrected chi connectivity index (χ0v) is 17.5. The summed E-state index contributed by atoms with van der Waals surface area (Å²) in [5, 5.41) is 18.3. The summed E-state index contributed by atoms with van der Waals surface area (Å²) in [6, 6.07) is 5.37. The Bertz CT molecular complexity index is 974. The standard InChI is InChI=1S/C20H22N2O9/c1-20(2,3)31-18(26)16-11(29-13(10-23)17(24)25)7-6-8-12(16)30-19-21-14(27-4)9-15(22-19)28-5/h6-10,23H,1-5H3,(H,24,25)/b13-10+. The molecule has 1 aromatic heterocycles. The molecule has 0 saturated heterocycles. The molecule has 0 radical (unpaired) electrons. The summed E-state index contributed by atoms with van der Waals surface area (Å²) in [5.74, 6) is -3.27. The molecule has 0 aliphatic rings. The van der Waals surface area contributed by atoms with E-state index in [4.69, 9.17) is 33.9 Å². The van der Waals surface area contributed by atoms with Crippen molar-refractivity contribution in [3.8, 4) is 29.3 Å². The van der Waals surface area contributed by atoms with Gasteiger partial charge >= 0.3 is 17.9 Å². The van der Waals surface area contributed by atoms with E-state index in [9.17, 15) is 9.59 Å². The predicted molar refractivity (Wildman–Crippen MR) is 106 cm³/mol. The van der Waals surface area contributed by atoms with Crippen LogP contribution in [0.25, 0.3) is 0 Å². The molecule has 1 heterocycles. The van der Waals surface area contributed by atoms with Crippen LogP contribution < -0.4 is 18.9 Å². The number of rotatable bonds is 8. The SMILES string of the molecule is COc1cc(OC)nc(Oc2cccc(O/C(=C/O)C(=O)O)c2C(=O)OC(C)(C)C)n1. The largest absolute Gasteiger partial charge is 0.511 e. The molecule has 2 aromatic rings. The summed E-state index contributed by atoms with van der Waals surface area (Å²) in [4.78, 5) is 32.2. The summed E-state index contributed by atoms with van der Waals surface area (Å²) in [7, 11) is 2.78. The molecule has 166 valence electrons. The fourth-order valence-electron chi connectivity index (χ4n) is 2.19. The van der Waals surface area contributed by atoms with Crippen LogP contribution in [-0.2, 0) is 9.53 Å². The first-order chi connectivity index (χ1) is 14.6. The monoisotopic (exact) mass is 434 g/mol. The zero-order valence-electron chi connectivity index (χ0n) is 17.5. The quantitative estimate of drug-likeness (QED) is 0.359. The van der Waals surface area contributed by atoms with E-state index in [2.05, 4.69) is 9.97 Å². The number of aromatic nitrogens is 2. The minimum atomic E-state index is -1.55. The maximum atomic E-state index is 12.9. The number of aliphatic carboxylic acids is 1. The van der Waals surface area contributed by atoms with E-state index in [0.717, 1.165) is 0 Å². The summed E-state index contributed by atoms with van der Waals surface area (Å²) in [6.07, 6.45) is 0.255. The average Bonchev–Trinajstić information content (AvgIpc) is 2.70. The Morgan fingerprint density at radius 2 is 1.61 bits per heavy atom. The second-order valence-corrected chi connectivity index (χ2v) is 6.87. The van der Waals surface area contributed by atoms with Crippen molar-refractivity contribution in [1.29, 1.82) is 0 Å². The van der Waals surface area contributed by atoms with E-state index in [1.165, 1.54) is 38.5 Å². The van der Waals surface area contributed by atoms with Gasteiger partial charge in [-0.05, 0) is 32.9 Å². The number of hydrogen-bond acceptors (Lipinski definition) is 10. The third kappa shape index (κ3) is 6.23. The number of methoxy groups -OCH3 is 2. The first-order valence-corrected chi connectivity index (χ1v) is 8.84. The minimum absolute atomic E-state index is 0.0928. The number of aliphatic hydroxyl groups is 1. The highest BCUT2D eigenvalue weighted by Gasteiger charge is 2.27. The molecule has 0 unspecified atom stereocenters. The minimum Gasteiger partial charge on any atom is -0.511 e. The van der Waals surface area contributed by atoms with Crippen molar-refractivity contribution in [2.75, 3.05) is 14.2 Å². The molecule has 0 spiro atoms. The molecule has 0 aliphatic heterocycles. The maximum absolute atomic E-state index is 12.9. The van der Waals surface area contributed by atoms with Crippen molar-refractivity contribution >= 4 is 11.9 Å². The van der Waals surface area contributed by atoms with E-state index >= 15 is 0 Å². The Morgan fingerprint density at radius 3 is 2.10 bits per heavy atom. The van der Waals surface area contributed by atoms with Crippen LogP contribution in [0.15, 0.2) is 36.3 Å². The number of carbonyl (C=O) groups excluding carboxylic acids is 1. The Morgan fingerprint density at radius 1 is 1.03 bits per heavy atom. The summed E-state index contributed by atoms with van der Waals surface area (Å²) >= 11 is 0. The molecule has 0 saturated carbocycles. The number of nitrogens with zero attached hydrogens (tertiary/aromatic N) is 2. The number of ether oxygens (including phenoxy) is 5. The van der Waals surface area contributed by atoms with Gasteiger partial charge in [0, 0.05) is 0 Å². The summed E-state index contributed by atoms with van der Waals surface area (Å²) in [6.45, 7) is 4.96. The summed E-state index contributed by atoms with van der Waals surface area (Å²) in [5.41, 5.74) is -1.12. The molecule has 0 amide bonds. The molecule has 0 fully saturated rings. The average molecular weight is 434 g/mol. The van der Waals surface area contributed by atoms with Gasteiger partial charge in [0.05, 0.1) is 20.3 Å². The first-order valence-electron chi connectivity index (χ1n) is 8.84. The number of carboxylic acids is 1. The lowest BCUT2D eigenvalue weighted by molar-refractivity contribution is -0.135. The van der Waals surface area contributed by atoms with Crippen molar-refractivity contribution in [1.82, 2.24) is 9.97 Å². The second kappa shape index (κ2) is 9.65. The van der Waals surface area contributed by atoms with Crippen molar-refractivity contribution in [2.24, 2.45) is 0 Å². The molecule has 0 bridgehead atoms. The van der Waals surface area contributed by atoms with Crippen LogP contribution in [-0.4, -0.2) is 51.9 Å². The van der Waals surface area contributed by atoms with Crippen LogP contribution in [0.2, 0.25) is 0 Å². The highest BCUT2D eigenvalue weighted by atomic mass is 16.6. The number of benzene rings is 1. The van der Waals surface area contributed by atoms with Gasteiger partial charge in [0.15, 0.2) is 0 Å². The van der Waals surface area contributed by atoms with Crippen molar-refractivity contribution in [3.05, 3.63) is 41.9 Å². The molecule has 31 heavy (non-hydrogen) atoms. The highest BCUT2D eigenvalue weighted by molar-refractivity contribution is 5.96. The van der Waals surface area contributed by atoms with Crippen molar-refractivity contribution < 1.29 is 43.5 Å². The van der Waals surface area contributed by atoms with Gasteiger partial charge in [-0.25, -0.2) is 9.59 Å². The first kappa shape index (κ1) is 23.3. The molecule has 11 nitrogen and oxygen atoms in total. The van der Waals surface area contributed by atoms with Crippen molar-refractivity contribution in [2.45, 2.75) is 26.4 Å². The third-order valence-electron chi connectivity index (χ3n) is 3.42. The molecule has 0 atom stereocenters. The smallest absolute Gasteiger partial charge is 0.375 e. The van der Waals surface area contributed by atoms with Gasteiger partial charge < -0.3 is 33.9 Å². The van der Waals surface area contributed by atoms with E-state index in [-0.39, 0.29) is 41.1 Å². The second-order valence-electron chi connectivity index (χ2n) is 6.87. The van der Waals surface area contributed by atoms with Gasteiger partial charge in [-0.1, -0.05) is 6.07 Å². The number of carbonyl (C=O) groups is 2. The van der Waals surface area contributed by atoms with Crippen LogP contribution >= 0.6 is 0 Å². The third-order valence-corrected chi connectivity index (χ3v) is 3.42. The lowest BCUT2D eigenvalue weighted by Gasteiger charge is -2.21. The van der Waals surface area contributed by atoms with E-state index < -0.39 is 23.3 Å². The Hall–Kier alpha value is -4.02. The van der Waals surface area contributed by atoms with Crippen LogP contribution in [0, 0.1) is 0 Å². The van der Waals surface area contributed by atoms with Crippen LogP contribution in [0.5, 0.6) is 29.3 Å². The number of esters is 1. The van der Waals surface area contributed by atoms with Crippen LogP contribution in [0.3, 0.4) is 0 Å². The lowest BCUT2D eigenvalue weighted by atomic mass is 10.1. The zero-order chi connectivity index (χ0) is 23.2. The Kier molecular flexibility index (Phi) is 7.24. The molecular weight excluding hydrogens is 412 g/mol. The van der Waals surface area contributed by atoms with Gasteiger partial charge in [-0.3, -0.25) is 0 Å². The Balaban J connectivity index is 2.57. The fraction of sp³-hybridized carbons (Fsp3) is 0.300. The normalized spacial score (nSPS) is 11.5. The number of hydrogen-bond donors (Lipinski definition) is 2. The predicted octanol–water partition coefficient (Wildman–Crippen LogP) is 3.10. The number of carboxylic acid groups (broad SMARTS) is 1. The van der Waals surface area contributed by atoms with Gasteiger partial charge in [0.2, 0.25) is 17.5 Å². The summed E-state index contributed by atoms with van der Waals surface area (Å²) < 4.78 is 26.4. The molecule has 0 aliphatic carbocycles. The molecular formula is C20H22N2O9. The van der Waals surface area contributed by atoms with Gasteiger partial charge in [0.25, 0.3) is 0 Å². The van der Waals surface area contributed by atoms with E-state index in [1.807, 2.05) is 0 Å². The van der Waals surface area contributed by atoms with Gasteiger partial charge in [-0.15, -0.1) is 0 Å². The van der Waals surface area contributed by atoms with Crippen molar-refractivity contribution in [3.63, 3.8) is 0 Å². The van der Waals surface area contributed by atoms with Gasteiger partial charge in [0.1, 0.15) is 28.9 Å². The number of aliphatic hydroxyl groups excluding tert-OH is 1. The van der Waals surface area contributed by atoms with Crippen LogP contribution in [0.1, 0.15) is 31.1 Å². The molecule has 11 heteroatoms. The lowest BCUT2D eigenvalue weighted by Crippen LogP contribution is -2.24. The van der Waals surface area contributed by atoms with E-state index in [1.54, 1.807) is 20.8 Å². The van der Waals surface area contributed by atoms with E-state index in [0.29, 0.717) is 0 Å². The molecule has 1 aromatic carbocycles. The van der Waals surface area contributed by atoms with Crippen LogP contribution in [0.4, 0.5) is 0 Å². The Labute approximate surface area is 177 Å². The molecule has 2 N–H and O–H groups in total. The molecule has 2 rings (SSSR count). The maximum Gasteiger partial charge on any atom is 0.375 e. The highest BCUT2D eigenvalue weighted by Crippen LogP contribution is 2.34. The topological polar surface area (TPSA) is 147 Å².